The average molecular weight is 954 g/mol. The fourth-order valence-electron chi connectivity index (χ4n) is 10.9. The molecule has 0 unspecified atom stereocenters. The van der Waals surface area contributed by atoms with Crippen molar-refractivity contribution in [3.63, 3.8) is 0 Å². The summed E-state index contributed by atoms with van der Waals surface area (Å²) in [6.07, 6.45) is 1.89. The number of hydrogen-bond acceptors (Lipinski definition) is 7. The van der Waals surface area contributed by atoms with Gasteiger partial charge in [-0.25, -0.2) is 15.0 Å². The largest absolute Gasteiger partial charge is 0.309 e. The van der Waals surface area contributed by atoms with Gasteiger partial charge in [0.1, 0.15) is 6.07 Å². The van der Waals surface area contributed by atoms with Gasteiger partial charge in [-0.15, -0.1) is 22.7 Å². The Morgan fingerprint density at radius 2 is 0.889 bits per heavy atom. The molecular weight excluding hydrogens is 919 g/mol. The fraction of sp³-hybridized carbons (Fsp3) is 0. The Hall–Kier alpha value is -9.33. The highest BCUT2D eigenvalue weighted by atomic mass is 32.1. The highest BCUT2D eigenvalue weighted by Crippen LogP contribution is 2.47. The molecule has 0 aliphatic heterocycles. The minimum Gasteiger partial charge on any atom is -0.309 e. The molecule has 334 valence electrons. The zero-order valence-electron chi connectivity index (χ0n) is 38.2. The molecule has 0 saturated carbocycles. The Labute approximate surface area is 419 Å². The molecule has 15 rings (SSSR count). The molecule has 0 bridgehead atoms. The van der Waals surface area contributed by atoms with Crippen molar-refractivity contribution in [2.75, 3.05) is 0 Å². The van der Waals surface area contributed by atoms with Gasteiger partial charge in [-0.1, -0.05) is 146 Å². The molecule has 0 saturated heterocycles. The van der Waals surface area contributed by atoms with Crippen LogP contribution in [0.25, 0.3) is 141 Å². The number of nitrogens with zero attached hydrogens (tertiary/aromatic N) is 7. The summed E-state index contributed by atoms with van der Waals surface area (Å²) in [7, 11) is 0. The molecule has 0 radical (unpaired) electrons. The van der Waals surface area contributed by atoms with E-state index in [0.717, 1.165) is 60.9 Å². The van der Waals surface area contributed by atoms with Gasteiger partial charge in [-0.3, -0.25) is 4.98 Å². The average Bonchev–Trinajstić information content (AvgIpc) is 4.21. The Bertz CT molecular complexity index is 4710. The maximum Gasteiger partial charge on any atom is 0.164 e. The van der Waals surface area contributed by atoms with Gasteiger partial charge in [0.25, 0.3) is 0 Å². The summed E-state index contributed by atoms with van der Waals surface area (Å²) in [5.41, 5.74) is 10.2. The third-order valence-corrected chi connectivity index (χ3v) is 16.5. The lowest BCUT2D eigenvalue weighted by Gasteiger charge is -2.18. The standard InChI is InChI=1S/C63H35N7S2/c64-36-40-33-39(63-67-61(37-15-3-1-4-16-37)66-62(68-63)38-17-5-2-6-18-38)34-48(58(40)70-51-24-12-8-22-47(51)57-53(70)30-28-45-43-20-10-14-26-55(43)72-60(45)57)49-35-41(31-32-65-49)69-50-23-11-7-21-46(50)56-52(69)29-27-44-42-19-9-13-25-54(42)71-59(44)56/h1-35H. The zero-order chi connectivity index (χ0) is 47.4. The molecule has 72 heavy (non-hydrogen) atoms. The normalized spacial score (nSPS) is 11.9. The molecule has 0 atom stereocenters. The Morgan fingerprint density at radius 1 is 0.403 bits per heavy atom. The van der Waals surface area contributed by atoms with E-state index in [1.807, 2.05) is 95.6 Å². The van der Waals surface area contributed by atoms with Crippen molar-refractivity contribution in [3.05, 3.63) is 218 Å². The van der Waals surface area contributed by atoms with Gasteiger partial charge in [0.05, 0.1) is 39.0 Å². The minimum absolute atomic E-state index is 0.451. The van der Waals surface area contributed by atoms with E-state index in [1.165, 1.54) is 51.1 Å². The summed E-state index contributed by atoms with van der Waals surface area (Å²) in [5, 5.41) is 21.2. The first-order chi connectivity index (χ1) is 35.7. The van der Waals surface area contributed by atoms with Crippen molar-refractivity contribution in [1.82, 2.24) is 29.1 Å². The molecule has 0 fully saturated rings. The summed E-state index contributed by atoms with van der Waals surface area (Å²) in [4.78, 5) is 20.6. The van der Waals surface area contributed by atoms with Crippen LogP contribution in [0.2, 0.25) is 0 Å². The van der Waals surface area contributed by atoms with Crippen LogP contribution in [0.4, 0.5) is 0 Å². The molecule has 9 aromatic carbocycles. The number of benzene rings is 9. The molecule has 6 heterocycles. The molecule has 6 aromatic heterocycles. The van der Waals surface area contributed by atoms with Crippen molar-refractivity contribution < 1.29 is 0 Å². The van der Waals surface area contributed by atoms with E-state index in [9.17, 15) is 5.26 Å². The molecule has 9 heteroatoms. The van der Waals surface area contributed by atoms with Crippen LogP contribution in [0, 0.1) is 11.3 Å². The molecule has 7 nitrogen and oxygen atoms in total. The molecule has 0 aliphatic carbocycles. The van der Waals surface area contributed by atoms with E-state index in [2.05, 4.69) is 155 Å². The van der Waals surface area contributed by atoms with Gasteiger partial charge in [-0.05, 0) is 60.7 Å². The summed E-state index contributed by atoms with van der Waals surface area (Å²) < 4.78 is 9.63. The first-order valence-corrected chi connectivity index (χ1v) is 25.4. The molecule has 0 aliphatic rings. The summed E-state index contributed by atoms with van der Waals surface area (Å²) in [6.45, 7) is 0. The van der Waals surface area contributed by atoms with Crippen LogP contribution in [0.5, 0.6) is 0 Å². The van der Waals surface area contributed by atoms with Gasteiger partial charge in [-0.2, -0.15) is 5.26 Å². The quantitative estimate of drug-likeness (QED) is 0.166. The third-order valence-electron chi connectivity index (χ3n) is 14.0. The van der Waals surface area contributed by atoms with Crippen LogP contribution in [-0.2, 0) is 0 Å². The fourth-order valence-corrected chi connectivity index (χ4v) is 13.4. The maximum atomic E-state index is 11.6. The minimum atomic E-state index is 0.451. The number of nitriles is 1. The number of para-hydroxylation sites is 2. The summed E-state index contributed by atoms with van der Waals surface area (Å²) in [5.74, 6) is 1.53. The van der Waals surface area contributed by atoms with Crippen LogP contribution in [0.15, 0.2) is 212 Å². The van der Waals surface area contributed by atoms with Crippen molar-refractivity contribution in [2.24, 2.45) is 0 Å². The van der Waals surface area contributed by atoms with Gasteiger partial charge in [0.15, 0.2) is 17.5 Å². The lowest BCUT2D eigenvalue weighted by Crippen LogP contribution is -2.05. The van der Waals surface area contributed by atoms with E-state index in [1.54, 1.807) is 0 Å². The van der Waals surface area contributed by atoms with E-state index in [-0.39, 0.29) is 0 Å². The highest BCUT2D eigenvalue weighted by molar-refractivity contribution is 7.27. The van der Waals surface area contributed by atoms with Gasteiger partial charge in [0.2, 0.25) is 0 Å². The SMILES string of the molecule is N#Cc1cc(-c2nc(-c3ccccc3)nc(-c3ccccc3)n2)cc(-c2cc(-n3c4ccccc4c4c5sc6ccccc6c5ccc43)ccn2)c1-n1c2ccccc2c2c3sc4ccccc4c3ccc21. The molecular formula is C63H35N7S2. The Kier molecular flexibility index (Phi) is 8.93. The number of thiophene rings is 2. The number of rotatable bonds is 6. The van der Waals surface area contributed by atoms with Crippen LogP contribution in [0.1, 0.15) is 5.56 Å². The van der Waals surface area contributed by atoms with Gasteiger partial charge >= 0.3 is 0 Å². The lowest BCUT2D eigenvalue weighted by molar-refractivity contribution is 1.07. The second kappa shape index (κ2) is 15.9. The van der Waals surface area contributed by atoms with Crippen LogP contribution in [0.3, 0.4) is 0 Å². The van der Waals surface area contributed by atoms with Gasteiger partial charge < -0.3 is 9.13 Å². The Morgan fingerprint density at radius 3 is 1.46 bits per heavy atom. The number of fused-ring (bicyclic) bond motifs is 14. The van der Waals surface area contributed by atoms with E-state index in [0.29, 0.717) is 34.3 Å². The number of pyridine rings is 1. The van der Waals surface area contributed by atoms with E-state index in [4.69, 9.17) is 19.9 Å². The topological polar surface area (TPSA) is 85.2 Å². The summed E-state index contributed by atoms with van der Waals surface area (Å²) >= 11 is 3.66. The molecule has 0 amide bonds. The van der Waals surface area contributed by atoms with Crippen molar-refractivity contribution in [1.29, 1.82) is 5.26 Å². The smallest absolute Gasteiger partial charge is 0.164 e. The Balaban J connectivity index is 1.03. The summed E-state index contributed by atoms with van der Waals surface area (Å²) in [6, 6.07) is 74.5. The van der Waals surface area contributed by atoms with Crippen LogP contribution >= 0.6 is 22.7 Å². The van der Waals surface area contributed by atoms with Gasteiger partial charge in [0, 0.05) is 96.0 Å². The molecule has 0 spiro atoms. The van der Waals surface area contributed by atoms with Crippen LogP contribution in [-0.4, -0.2) is 29.1 Å². The number of aromatic nitrogens is 6. The van der Waals surface area contributed by atoms with Crippen LogP contribution < -0.4 is 0 Å². The van der Waals surface area contributed by atoms with Crippen molar-refractivity contribution >= 4 is 107 Å². The van der Waals surface area contributed by atoms with Crippen molar-refractivity contribution in [2.45, 2.75) is 0 Å². The number of hydrogen-bond donors (Lipinski definition) is 0. The zero-order valence-corrected chi connectivity index (χ0v) is 39.8. The highest BCUT2D eigenvalue weighted by Gasteiger charge is 2.26. The third kappa shape index (κ3) is 6.07. The monoisotopic (exact) mass is 953 g/mol. The van der Waals surface area contributed by atoms with E-state index >= 15 is 0 Å². The lowest BCUT2D eigenvalue weighted by atomic mass is 9.98. The second-order valence-corrected chi connectivity index (χ2v) is 20.1. The second-order valence-electron chi connectivity index (χ2n) is 18.0. The molecule has 15 aromatic rings. The molecule has 0 N–H and O–H groups in total. The van der Waals surface area contributed by atoms with Crippen molar-refractivity contribution in [3.8, 4) is 62.9 Å². The first kappa shape index (κ1) is 40.5. The predicted octanol–water partition coefficient (Wildman–Crippen LogP) is 16.7. The van der Waals surface area contributed by atoms with E-state index < -0.39 is 0 Å². The maximum absolute atomic E-state index is 11.6. The first-order valence-electron chi connectivity index (χ1n) is 23.8. The predicted molar refractivity (Wildman–Crippen MR) is 299 cm³/mol.